The molecule has 1 aliphatic heterocycles. The zero-order chi connectivity index (χ0) is 12.7. The monoisotopic (exact) mass is 268 g/mol. The van der Waals surface area contributed by atoms with Crippen molar-refractivity contribution in [3.05, 3.63) is 29.6 Å². The van der Waals surface area contributed by atoms with Gasteiger partial charge in [-0.25, -0.2) is 4.39 Å². The Balaban J connectivity index is 1.64. The van der Waals surface area contributed by atoms with Crippen LogP contribution >= 0.6 is 11.6 Å². The molecule has 0 amide bonds. The van der Waals surface area contributed by atoms with Crippen LogP contribution in [0.5, 0.6) is 5.75 Å². The maximum Gasteiger partial charge on any atom is 0.123 e. The molecule has 0 N–H and O–H groups in total. The molecule has 1 aliphatic carbocycles. The maximum atomic E-state index is 13.1. The highest BCUT2D eigenvalue weighted by atomic mass is 35.5. The van der Waals surface area contributed by atoms with Crippen LogP contribution < -0.4 is 4.74 Å². The van der Waals surface area contributed by atoms with Crippen molar-refractivity contribution in [2.45, 2.75) is 44.1 Å². The summed E-state index contributed by atoms with van der Waals surface area (Å²) < 4.78 is 19.0. The van der Waals surface area contributed by atoms with E-state index >= 15 is 0 Å². The fraction of sp³-hybridized carbons (Fsp3) is 0.600. The van der Waals surface area contributed by atoms with Crippen molar-refractivity contribution in [3.63, 3.8) is 0 Å². The smallest absolute Gasteiger partial charge is 0.123 e. The van der Waals surface area contributed by atoms with Crippen molar-refractivity contribution in [1.29, 1.82) is 0 Å². The molecule has 0 aromatic heterocycles. The number of hydrogen-bond acceptors (Lipinski definition) is 1. The molecule has 4 unspecified atom stereocenters. The Bertz CT molecular complexity index is 448. The largest absolute Gasteiger partial charge is 0.490 e. The van der Waals surface area contributed by atoms with Crippen LogP contribution in [-0.4, -0.2) is 11.5 Å². The highest BCUT2D eigenvalue weighted by Gasteiger charge is 2.35. The summed E-state index contributed by atoms with van der Waals surface area (Å²) in [6.45, 7) is 2.23. The molecule has 4 atom stereocenters. The molecule has 1 fully saturated rings. The van der Waals surface area contributed by atoms with E-state index < -0.39 is 0 Å². The molecule has 1 aromatic carbocycles. The van der Waals surface area contributed by atoms with E-state index in [1.807, 2.05) is 0 Å². The van der Waals surface area contributed by atoms with Crippen molar-refractivity contribution >= 4 is 11.6 Å². The normalized spacial score (nSPS) is 34.4. The molecule has 1 saturated carbocycles. The van der Waals surface area contributed by atoms with Gasteiger partial charge in [-0.3, -0.25) is 0 Å². The minimum atomic E-state index is -0.173. The van der Waals surface area contributed by atoms with Crippen LogP contribution in [0.15, 0.2) is 18.2 Å². The average Bonchev–Trinajstić information content (AvgIpc) is 2.86. The maximum absolute atomic E-state index is 13.1. The highest BCUT2D eigenvalue weighted by Crippen LogP contribution is 2.40. The molecule has 98 valence electrons. The Morgan fingerprint density at radius 2 is 2.22 bits per heavy atom. The summed E-state index contributed by atoms with van der Waals surface area (Å²) in [6.07, 6.45) is 4.39. The van der Waals surface area contributed by atoms with Crippen LogP contribution in [0.3, 0.4) is 0 Å². The first-order chi connectivity index (χ1) is 8.63. The van der Waals surface area contributed by atoms with E-state index in [1.165, 1.54) is 12.5 Å². The molecule has 0 radical (unpaired) electrons. The van der Waals surface area contributed by atoms with E-state index in [2.05, 4.69) is 6.92 Å². The van der Waals surface area contributed by atoms with Crippen molar-refractivity contribution in [3.8, 4) is 5.75 Å². The Morgan fingerprint density at radius 3 is 2.94 bits per heavy atom. The lowest BCUT2D eigenvalue weighted by Crippen LogP contribution is -2.21. The van der Waals surface area contributed by atoms with Gasteiger partial charge in [-0.2, -0.15) is 0 Å². The van der Waals surface area contributed by atoms with Gasteiger partial charge in [-0.05, 0) is 49.3 Å². The second kappa shape index (κ2) is 4.73. The van der Waals surface area contributed by atoms with Crippen LogP contribution in [0, 0.1) is 17.7 Å². The molecule has 0 bridgehead atoms. The van der Waals surface area contributed by atoms with E-state index in [4.69, 9.17) is 16.3 Å². The molecule has 1 aromatic rings. The summed E-state index contributed by atoms with van der Waals surface area (Å²) >= 11 is 6.26. The van der Waals surface area contributed by atoms with Crippen LogP contribution in [0.2, 0.25) is 0 Å². The van der Waals surface area contributed by atoms with Gasteiger partial charge in [0.05, 0.1) is 0 Å². The molecule has 1 nitrogen and oxygen atoms in total. The zero-order valence-electron chi connectivity index (χ0n) is 10.5. The van der Waals surface area contributed by atoms with Crippen LogP contribution in [-0.2, 0) is 6.42 Å². The minimum Gasteiger partial charge on any atom is -0.490 e. The third kappa shape index (κ3) is 2.23. The standard InChI is InChI=1S/C15H18ClFO/c1-9-10(2-4-14(9)16)7-13-8-11-6-12(17)3-5-15(11)18-13/h3,5-6,9-10,13-14H,2,4,7-8H2,1H3. The number of fused-ring (bicyclic) bond motifs is 1. The Hall–Kier alpha value is -0.760. The van der Waals surface area contributed by atoms with Crippen molar-refractivity contribution < 1.29 is 9.13 Å². The average molecular weight is 269 g/mol. The summed E-state index contributed by atoms with van der Waals surface area (Å²) in [6, 6.07) is 4.80. The van der Waals surface area contributed by atoms with Gasteiger partial charge in [0.25, 0.3) is 0 Å². The molecule has 1 heterocycles. The molecule has 0 saturated heterocycles. The molecule has 18 heavy (non-hydrogen) atoms. The molecule has 0 spiro atoms. The third-order valence-electron chi connectivity index (χ3n) is 4.46. The van der Waals surface area contributed by atoms with Crippen LogP contribution in [0.4, 0.5) is 4.39 Å². The summed E-state index contributed by atoms with van der Waals surface area (Å²) in [5, 5.41) is 0.316. The van der Waals surface area contributed by atoms with Gasteiger partial charge in [0.2, 0.25) is 0 Å². The van der Waals surface area contributed by atoms with E-state index in [0.717, 1.165) is 30.6 Å². The molecule has 2 aliphatic rings. The van der Waals surface area contributed by atoms with Crippen LogP contribution in [0.1, 0.15) is 31.7 Å². The number of ether oxygens (including phenoxy) is 1. The summed E-state index contributed by atoms with van der Waals surface area (Å²) in [7, 11) is 0. The van der Waals surface area contributed by atoms with Crippen LogP contribution in [0.25, 0.3) is 0 Å². The predicted molar refractivity (Wildman–Crippen MR) is 70.7 cm³/mol. The quantitative estimate of drug-likeness (QED) is 0.732. The van der Waals surface area contributed by atoms with Gasteiger partial charge in [-0.15, -0.1) is 11.6 Å². The lowest BCUT2D eigenvalue weighted by Gasteiger charge is -2.20. The SMILES string of the molecule is CC1C(Cl)CCC1CC1Cc2cc(F)ccc2O1. The van der Waals surface area contributed by atoms with E-state index in [0.29, 0.717) is 17.2 Å². The van der Waals surface area contributed by atoms with Gasteiger partial charge in [0.1, 0.15) is 17.7 Å². The van der Waals surface area contributed by atoms with E-state index in [9.17, 15) is 4.39 Å². The second-order valence-electron chi connectivity index (χ2n) is 5.64. The first-order valence-corrected chi connectivity index (χ1v) is 7.16. The Labute approximate surface area is 112 Å². The van der Waals surface area contributed by atoms with E-state index in [1.54, 1.807) is 12.1 Å². The summed E-state index contributed by atoms with van der Waals surface area (Å²) in [4.78, 5) is 0. The fourth-order valence-corrected chi connectivity index (χ4v) is 3.62. The molecule has 3 heteroatoms. The first kappa shape index (κ1) is 12.3. The van der Waals surface area contributed by atoms with Gasteiger partial charge < -0.3 is 4.74 Å². The lowest BCUT2D eigenvalue weighted by molar-refractivity contribution is 0.181. The summed E-state index contributed by atoms with van der Waals surface area (Å²) in [5.74, 6) is 1.90. The lowest BCUT2D eigenvalue weighted by atomic mass is 9.90. The second-order valence-corrected chi connectivity index (χ2v) is 6.20. The fourth-order valence-electron chi connectivity index (χ4n) is 3.29. The molecular formula is C15H18ClFO. The first-order valence-electron chi connectivity index (χ1n) is 6.72. The minimum absolute atomic E-state index is 0.173. The van der Waals surface area contributed by atoms with Crippen molar-refractivity contribution in [2.75, 3.05) is 0 Å². The topological polar surface area (TPSA) is 9.23 Å². The van der Waals surface area contributed by atoms with Gasteiger partial charge in [0.15, 0.2) is 0 Å². The Kier molecular flexibility index (Phi) is 3.23. The van der Waals surface area contributed by atoms with Gasteiger partial charge in [-0.1, -0.05) is 6.92 Å². The number of halogens is 2. The van der Waals surface area contributed by atoms with Crippen molar-refractivity contribution in [2.24, 2.45) is 11.8 Å². The number of hydrogen-bond donors (Lipinski definition) is 0. The summed E-state index contributed by atoms with van der Waals surface area (Å²) in [5.41, 5.74) is 1.01. The van der Waals surface area contributed by atoms with Gasteiger partial charge in [0, 0.05) is 17.4 Å². The molecular weight excluding hydrogens is 251 g/mol. The number of rotatable bonds is 2. The number of benzene rings is 1. The number of alkyl halides is 1. The predicted octanol–water partition coefficient (Wildman–Crippen LogP) is 4.17. The Morgan fingerprint density at radius 1 is 1.39 bits per heavy atom. The third-order valence-corrected chi connectivity index (χ3v) is 5.07. The highest BCUT2D eigenvalue weighted by molar-refractivity contribution is 6.20. The molecule has 3 rings (SSSR count). The van der Waals surface area contributed by atoms with Crippen molar-refractivity contribution in [1.82, 2.24) is 0 Å². The zero-order valence-corrected chi connectivity index (χ0v) is 11.3. The van der Waals surface area contributed by atoms with E-state index in [-0.39, 0.29) is 11.9 Å². The van der Waals surface area contributed by atoms with Gasteiger partial charge >= 0.3 is 0 Å².